The minimum atomic E-state index is 0.163. The van der Waals surface area contributed by atoms with Gasteiger partial charge in [0.05, 0.1) is 6.54 Å². The monoisotopic (exact) mass is 155 g/mol. The highest BCUT2D eigenvalue weighted by Crippen LogP contribution is 2.14. The highest BCUT2D eigenvalue weighted by molar-refractivity contribution is 5.85. The Bertz CT molecular complexity index is 189. The molecule has 62 valence electrons. The Morgan fingerprint density at radius 1 is 1.73 bits per heavy atom. The van der Waals surface area contributed by atoms with Crippen LogP contribution in [0.2, 0.25) is 0 Å². The Balaban J connectivity index is 2.46. The van der Waals surface area contributed by atoms with Gasteiger partial charge in [0.2, 0.25) is 0 Å². The third-order valence-corrected chi connectivity index (χ3v) is 2.04. The average molecular weight is 155 g/mol. The number of carbonyl (C=O) groups is 2. The molecule has 3 nitrogen and oxygen atoms in total. The molecule has 1 fully saturated rings. The standard InChI is InChI=1S/C8H13NO2/c1-6(10)3-7-4-8(11)5-9(7)2/h7H,3-5H2,1-2H3. The molecule has 0 N–H and O–H groups in total. The van der Waals surface area contributed by atoms with Gasteiger partial charge in [-0.15, -0.1) is 0 Å². The highest BCUT2D eigenvalue weighted by atomic mass is 16.1. The van der Waals surface area contributed by atoms with E-state index >= 15 is 0 Å². The van der Waals surface area contributed by atoms with E-state index in [1.165, 1.54) is 0 Å². The van der Waals surface area contributed by atoms with Crippen molar-refractivity contribution in [2.75, 3.05) is 13.6 Å². The minimum absolute atomic E-state index is 0.163. The van der Waals surface area contributed by atoms with Crippen LogP contribution in [-0.4, -0.2) is 36.1 Å². The van der Waals surface area contributed by atoms with Gasteiger partial charge in [-0.25, -0.2) is 0 Å². The van der Waals surface area contributed by atoms with Crippen LogP contribution in [0.15, 0.2) is 0 Å². The number of carbonyl (C=O) groups excluding carboxylic acids is 2. The lowest BCUT2D eigenvalue weighted by Gasteiger charge is -2.15. The number of likely N-dealkylation sites (tertiary alicyclic amines) is 1. The van der Waals surface area contributed by atoms with Gasteiger partial charge in [0.25, 0.3) is 0 Å². The van der Waals surface area contributed by atoms with E-state index in [-0.39, 0.29) is 17.6 Å². The summed E-state index contributed by atoms with van der Waals surface area (Å²) in [4.78, 5) is 23.6. The maximum atomic E-state index is 10.9. The van der Waals surface area contributed by atoms with Gasteiger partial charge in [-0.2, -0.15) is 0 Å². The molecule has 11 heavy (non-hydrogen) atoms. The van der Waals surface area contributed by atoms with Gasteiger partial charge >= 0.3 is 0 Å². The highest BCUT2D eigenvalue weighted by Gasteiger charge is 2.27. The number of hydrogen-bond acceptors (Lipinski definition) is 3. The number of rotatable bonds is 2. The molecule has 1 saturated heterocycles. The fraction of sp³-hybridized carbons (Fsp3) is 0.750. The lowest BCUT2D eigenvalue weighted by molar-refractivity contribution is -0.117. The van der Waals surface area contributed by atoms with Gasteiger partial charge in [-0.1, -0.05) is 0 Å². The normalized spacial score (nSPS) is 26.0. The van der Waals surface area contributed by atoms with Gasteiger partial charge in [0.15, 0.2) is 0 Å². The molecular weight excluding hydrogens is 142 g/mol. The fourth-order valence-electron chi connectivity index (χ4n) is 1.45. The Labute approximate surface area is 66.4 Å². The number of nitrogens with zero attached hydrogens (tertiary/aromatic N) is 1. The first kappa shape index (κ1) is 8.40. The molecule has 1 atom stereocenters. The molecule has 1 aliphatic heterocycles. The van der Waals surface area contributed by atoms with E-state index in [1.807, 2.05) is 11.9 Å². The summed E-state index contributed by atoms with van der Waals surface area (Å²) in [5.41, 5.74) is 0. The molecule has 0 aromatic heterocycles. The van der Waals surface area contributed by atoms with Crippen LogP contribution in [0.3, 0.4) is 0 Å². The lowest BCUT2D eigenvalue weighted by atomic mass is 10.1. The van der Waals surface area contributed by atoms with Crippen LogP contribution in [0.1, 0.15) is 19.8 Å². The molecule has 1 rings (SSSR count). The topological polar surface area (TPSA) is 37.4 Å². The van der Waals surface area contributed by atoms with E-state index in [9.17, 15) is 9.59 Å². The van der Waals surface area contributed by atoms with Crippen molar-refractivity contribution in [1.82, 2.24) is 4.90 Å². The predicted octanol–water partition coefficient (Wildman–Crippen LogP) is 0.239. The first-order valence-electron chi connectivity index (χ1n) is 3.81. The molecule has 0 aromatic rings. The largest absolute Gasteiger partial charge is 0.300 e. The molecule has 0 spiro atoms. The van der Waals surface area contributed by atoms with Crippen molar-refractivity contribution in [3.05, 3.63) is 0 Å². The molecule has 1 unspecified atom stereocenters. The van der Waals surface area contributed by atoms with Crippen LogP contribution >= 0.6 is 0 Å². The van der Waals surface area contributed by atoms with Crippen LogP contribution in [0, 0.1) is 0 Å². The molecule has 0 aliphatic carbocycles. The van der Waals surface area contributed by atoms with Crippen LogP contribution in [0.4, 0.5) is 0 Å². The Hall–Kier alpha value is -0.700. The molecule has 0 saturated carbocycles. The van der Waals surface area contributed by atoms with Crippen molar-refractivity contribution in [3.8, 4) is 0 Å². The minimum Gasteiger partial charge on any atom is -0.300 e. The summed E-state index contributed by atoms with van der Waals surface area (Å²) in [5, 5.41) is 0. The van der Waals surface area contributed by atoms with Gasteiger partial charge in [0, 0.05) is 18.9 Å². The van der Waals surface area contributed by atoms with Crippen LogP contribution in [-0.2, 0) is 9.59 Å². The first-order valence-corrected chi connectivity index (χ1v) is 3.81. The smallest absolute Gasteiger partial charge is 0.148 e. The van der Waals surface area contributed by atoms with E-state index in [1.54, 1.807) is 6.92 Å². The molecule has 0 bridgehead atoms. The molecule has 0 amide bonds. The number of hydrogen-bond donors (Lipinski definition) is 0. The van der Waals surface area contributed by atoms with Crippen molar-refractivity contribution in [3.63, 3.8) is 0 Å². The van der Waals surface area contributed by atoms with Crippen molar-refractivity contribution >= 4 is 11.6 Å². The molecule has 3 heteroatoms. The third kappa shape index (κ3) is 2.12. The van der Waals surface area contributed by atoms with Crippen molar-refractivity contribution in [1.29, 1.82) is 0 Å². The second kappa shape index (κ2) is 3.13. The maximum absolute atomic E-state index is 10.9. The van der Waals surface area contributed by atoms with E-state index in [4.69, 9.17) is 0 Å². The molecule has 1 heterocycles. The quantitative estimate of drug-likeness (QED) is 0.573. The van der Waals surface area contributed by atoms with E-state index in [0.717, 1.165) is 0 Å². The van der Waals surface area contributed by atoms with E-state index in [2.05, 4.69) is 0 Å². The van der Waals surface area contributed by atoms with E-state index < -0.39 is 0 Å². The summed E-state index contributed by atoms with van der Waals surface area (Å²) in [6.07, 6.45) is 1.07. The van der Waals surface area contributed by atoms with Crippen LogP contribution in [0.5, 0.6) is 0 Å². The van der Waals surface area contributed by atoms with Crippen LogP contribution < -0.4 is 0 Å². The average Bonchev–Trinajstić information content (AvgIpc) is 2.09. The molecular formula is C8H13NO2. The second-order valence-corrected chi connectivity index (χ2v) is 3.22. The first-order chi connectivity index (χ1) is 5.09. The second-order valence-electron chi connectivity index (χ2n) is 3.22. The predicted molar refractivity (Wildman–Crippen MR) is 41.3 cm³/mol. The lowest BCUT2D eigenvalue weighted by Crippen LogP contribution is -2.26. The van der Waals surface area contributed by atoms with Crippen LogP contribution in [0.25, 0.3) is 0 Å². The number of Topliss-reactive ketones (excluding diaryl/α,β-unsaturated/α-hetero) is 2. The third-order valence-electron chi connectivity index (χ3n) is 2.04. The fourth-order valence-corrected chi connectivity index (χ4v) is 1.45. The Kier molecular flexibility index (Phi) is 2.39. The summed E-state index contributed by atoms with van der Waals surface area (Å²) in [6, 6.07) is 0.167. The van der Waals surface area contributed by atoms with Crippen molar-refractivity contribution in [2.45, 2.75) is 25.8 Å². The SMILES string of the molecule is CC(=O)CC1CC(=O)CN1C. The summed E-state index contributed by atoms with van der Waals surface area (Å²) >= 11 is 0. The zero-order valence-electron chi connectivity index (χ0n) is 6.96. The maximum Gasteiger partial charge on any atom is 0.148 e. The van der Waals surface area contributed by atoms with Gasteiger partial charge in [-0.3, -0.25) is 14.5 Å². The zero-order valence-corrected chi connectivity index (χ0v) is 6.96. The summed E-state index contributed by atoms with van der Waals surface area (Å²) in [6.45, 7) is 2.08. The van der Waals surface area contributed by atoms with Gasteiger partial charge in [0.1, 0.15) is 11.6 Å². The van der Waals surface area contributed by atoms with Gasteiger partial charge in [-0.05, 0) is 14.0 Å². The molecule has 1 aliphatic rings. The zero-order chi connectivity index (χ0) is 8.43. The Morgan fingerprint density at radius 3 is 2.73 bits per heavy atom. The Morgan fingerprint density at radius 2 is 2.36 bits per heavy atom. The summed E-state index contributed by atoms with van der Waals surface area (Å²) in [7, 11) is 1.89. The number of ketones is 2. The van der Waals surface area contributed by atoms with Crippen molar-refractivity contribution in [2.24, 2.45) is 0 Å². The van der Waals surface area contributed by atoms with Crippen molar-refractivity contribution < 1.29 is 9.59 Å². The summed E-state index contributed by atoms with van der Waals surface area (Å²) in [5.74, 6) is 0.412. The van der Waals surface area contributed by atoms with E-state index in [0.29, 0.717) is 19.4 Å². The molecule has 0 radical (unpaired) electrons. The summed E-state index contributed by atoms with van der Waals surface area (Å²) < 4.78 is 0. The number of likely N-dealkylation sites (N-methyl/N-ethyl adjacent to an activating group) is 1. The molecule has 0 aromatic carbocycles. The van der Waals surface area contributed by atoms with Gasteiger partial charge < -0.3 is 0 Å².